The van der Waals surface area contributed by atoms with Gasteiger partial charge in [0.2, 0.25) is 12.3 Å². The number of hydrogen-bond donors (Lipinski definition) is 3. The number of rotatable bonds is 7. The molecular weight excluding hydrogens is 607 g/mol. The first-order valence-corrected chi connectivity index (χ1v) is 17.2. The minimum Gasteiger partial charge on any atom is -0.488 e. The molecule has 1 aliphatic carbocycles. The van der Waals surface area contributed by atoms with Gasteiger partial charge < -0.3 is 33.8 Å². The number of aliphatic hydroxyl groups excluding tert-OH is 1. The molecular formula is C37H45BN4O6. The maximum Gasteiger partial charge on any atom is 0.494 e. The van der Waals surface area contributed by atoms with Crippen molar-refractivity contribution in [1.29, 1.82) is 0 Å². The number of aromatic amines is 1. The molecule has 0 radical (unpaired) electrons. The van der Waals surface area contributed by atoms with Crippen molar-refractivity contribution in [2.75, 3.05) is 7.11 Å². The molecule has 8 rings (SSSR count). The van der Waals surface area contributed by atoms with Crippen molar-refractivity contribution in [2.24, 2.45) is 11.8 Å². The van der Waals surface area contributed by atoms with Crippen molar-refractivity contribution >= 4 is 40.3 Å². The van der Waals surface area contributed by atoms with E-state index in [4.69, 9.17) is 23.8 Å². The zero-order valence-corrected chi connectivity index (χ0v) is 28.8. The molecule has 252 valence electrons. The van der Waals surface area contributed by atoms with E-state index in [0.29, 0.717) is 12.5 Å². The maximum atomic E-state index is 14.1. The number of fused-ring (bicyclic) bond motifs is 7. The number of imidazole rings is 1. The number of carbonyl (C=O) groups excluding carboxylic acids is 1. The summed E-state index contributed by atoms with van der Waals surface area (Å²) in [4.78, 5) is 24.9. The minimum atomic E-state index is -1.21. The van der Waals surface area contributed by atoms with Crippen LogP contribution in [0.3, 0.4) is 0 Å². The molecule has 11 heteroatoms. The first kappa shape index (κ1) is 31.8. The molecule has 0 spiro atoms. The molecule has 4 aliphatic rings. The molecule has 1 amide bonds. The molecule has 3 aromatic carbocycles. The van der Waals surface area contributed by atoms with E-state index in [1.165, 1.54) is 7.11 Å². The zero-order chi connectivity index (χ0) is 33.7. The van der Waals surface area contributed by atoms with E-state index >= 15 is 0 Å². The van der Waals surface area contributed by atoms with Gasteiger partial charge in [-0.25, -0.2) is 4.98 Å². The van der Waals surface area contributed by atoms with E-state index in [-0.39, 0.29) is 23.9 Å². The lowest BCUT2D eigenvalue weighted by molar-refractivity contribution is -0.148. The van der Waals surface area contributed by atoms with Crippen LogP contribution in [0.25, 0.3) is 32.9 Å². The van der Waals surface area contributed by atoms with Crippen LogP contribution in [0.1, 0.15) is 78.2 Å². The van der Waals surface area contributed by atoms with E-state index in [0.717, 1.165) is 74.8 Å². The van der Waals surface area contributed by atoms with Crippen molar-refractivity contribution in [3.8, 4) is 16.9 Å². The first-order valence-electron chi connectivity index (χ1n) is 17.2. The predicted molar refractivity (Wildman–Crippen MR) is 185 cm³/mol. The van der Waals surface area contributed by atoms with E-state index in [1.807, 2.05) is 18.7 Å². The standard InChI is InChI=1S/C37H45BN4O6/c1-19(2)31(41-35(44)45-7)34(43)42-28-13-9-21(28)16-29(42)33-39-27-12-8-20-15-26-24-11-10-23(38-47-36(3,4)37(5,6)48-38)14-22(24)18-46-30(26)17-25(20)32(27)40-33/h8,10-12,14-15,17,19,21,28-29,31,35,41,44H,9,13,16,18H2,1-7H3,(H,39,40)/t21-,28-,29-,31-,35?/m0/s1. The fourth-order valence-electron chi connectivity index (χ4n) is 7.92. The average molecular weight is 653 g/mol. The third-order valence-electron chi connectivity index (χ3n) is 11.6. The van der Waals surface area contributed by atoms with Crippen LogP contribution in [0.15, 0.2) is 42.5 Å². The highest BCUT2D eigenvalue weighted by Gasteiger charge is 2.53. The number of aromatic nitrogens is 2. The lowest BCUT2D eigenvalue weighted by Crippen LogP contribution is -2.56. The van der Waals surface area contributed by atoms with Crippen molar-refractivity contribution in [3.63, 3.8) is 0 Å². The van der Waals surface area contributed by atoms with E-state index in [9.17, 15) is 9.90 Å². The Hall–Kier alpha value is -3.48. The van der Waals surface area contributed by atoms with Gasteiger partial charge in [0, 0.05) is 24.1 Å². The number of likely N-dealkylation sites (tertiary alicyclic amines) is 1. The number of nitrogens with one attached hydrogen (secondary N) is 2. The summed E-state index contributed by atoms with van der Waals surface area (Å²) in [7, 11) is 0.991. The number of benzene rings is 3. The number of carbonyl (C=O) groups is 1. The summed E-state index contributed by atoms with van der Waals surface area (Å²) in [6, 6.07) is 14.3. The van der Waals surface area contributed by atoms with Crippen molar-refractivity contribution in [2.45, 2.75) is 103 Å². The van der Waals surface area contributed by atoms with Crippen molar-refractivity contribution in [1.82, 2.24) is 20.2 Å². The summed E-state index contributed by atoms with van der Waals surface area (Å²) in [6.07, 6.45) is 1.75. The first-order chi connectivity index (χ1) is 22.8. The Morgan fingerprint density at radius 3 is 2.54 bits per heavy atom. The summed E-state index contributed by atoms with van der Waals surface area (Å²) >= 11 is 0. The quantitative estimate of drug-likeness (QED) is 0.185. The summed E-state index contributed by atoms with van der Waals surface area (Å²) in [5, 5.41) is 15.2. The average Bonchev–Trinajstić information content (AvgIpc) is 3.66. The molecule has 3 aliphatic heterocycles. The van der Waals surface area contributed by atoms with E-state index < -0.39 is 30.8 Å². The van der Waals surface area contributed by atoms with Gasteiger partial charge in [-0.3, -0.25) is 10.1 Å². The van der Waals surface area contributed by atoms with Gasteiger partial charge in [-0.1, -0.05) is 38.1 Å². The molecule has 1 saturated carbocycles. The molecule has 1 unspecified atom stereocenters. The van der Waals surface area contributed by atoms with Crippen LogP contribution < -0.4 is 15.5 Å². The molecule has 10 nitrogen and oxygen atoms in total. The normalized spacial score (nSPS) is 25.1. The van der Waals surface area contributed by atoms with Gasteiger partial charge in [-0.2, -0.15) is 0 Å². The van der Waals surface area contributed by atoms with Gasteiger partial charge in [0.1, 0.15) is 18.2 Å². The lowest BCUT2D eigenvalue weighted by atomic mass is 9.77. The Balaban J connectivity index is 1.12. The second-order valence-corrected chi connectivity index (χ2v) is 15.3. The van der Waals surface area contributed by atoms with Gasteiger partial charge in [0.25, 0.3) is 0 Å². The summed E-state index contributed by atoms with van der Waals surface area (Å²) in [6.45, 7) is 12.7. The molecule has 4 aromatic rings. The number of methoxy groups -OCH3 is 1. The van der Waals surface area contributed by atoms with E-state index in [2.05, 4.69) is 80.5 Å². The van der Waals surface area contributed by atoms with Crippen molar-refractivity contribution in [3.05, 3.63) is 53.9 Å². The van der Waals surface area contributed by atoms with Gasteiger partial charge in [0.15, 0.2) is 0 Å². The van der Waals surface area contributed by atoms with Crippen LogP contribution in [0.4, 0.5) is 0 Å². The monoisotopic (exact) mass is 652 g/mol. The molecule has 3 N–H and O–H groups in total. The Kier molecular flexibility index (Phi) is 7.47. The second-order valence-electron chi connectivity index (χ2n) is 15.3. The Labute approximate surface area is 281 Å². The smallest absolute Gasteiger partial charge is 0.488 e. The highest BCUT2D eigenvalue weighted by atomic mass is 16.7. The van der Waals surface area contributed by atoms with Crippen molar-refractivity contribution < 1.29 is 28.7 Å². The molecule has 0 bridgehead atoms. The van der Waals surface area contributed by atoms with Gasteiger partial charge >= 0.3 is 7.12 Å². The fourth-order valence-corrected chi connectivity index (χ4v) is 7.92. The zero-order valence-electron chi connectivity index (χ0n) is 28.8. The van der Waals surface area contributed by atoms with Gasteiger partial charge in [0.05, 0.1) is 34.3 Å². The number of aliphatic hydroxyl groups is 1. The highest BCUT2D eigenvalue weighted by molar-refractivity contribution is 6.62. The molecule has 2 saturated heterocycles. The molecule has 1 aromatic heterocycles. The molecule has 4 heterocycles. The van der Waals surface area contributed by atoms with Crippen LogP contribution in [0.2, 0.25) is 0 Å². The SMILES string of the molecule is COC(O)N[C@H](C(=O)N1[C@H](c2nc3c(ccc4cc5c(cc43)OCc3cc(B4OC(C)(C)C(C)(C)O4)ccc3-5)[nH]2)C[C@@H]2CC[C@@H]21)C(C)C. The topological polar surface area (TPSA) is 118 Å². The third-order valence-corrected chi connectivity index (χ3v) is 11.6. The highest BCUT2D eigenvalue weighted by Crippen LogP contribution is 2.50. The third kappa shape index (κ3) is 4.97. The Bertz CT molecular complexity index is 1910. The molecule has 5 atom stereocenters. The lowest BCUT2D eigenvalue weighted by Gasteiger charge is -2.40. The minimum absolute atomic E-state index is 0.0219. The predicted octanol–water partition coefficient (Wildman–Crippen LogP) is 5.16. The number of nitrogens with zero attached hydrogens (tertiary/aromatic N) is 2. The Morgan fingerprint density at radius 2 is 1.85 bits per heavy atom. The van der Waals surface area contributed by atoms with Crippen LogP contribution in [0.5, 0.6) is 5.75 Å². The van der Waals surface area contributed by atoms with Gasteiger partial charge in [-0.15, -0.1) is 0 Å². The second kappa shape index (κ2) is 11.3. The van der Waals surface area contributed by atoms with Crippen LogP contribution >= 0.6 is 0 Å². The van der Waals surface area contributed by atoms with Crippen LogP contribution in [-0.4, -0.2) is 69.8 Å². The number of ether oxygens (including phenoxy) is 2. The van der Waals surface area contributed by atoms with E-state index in [1.54, 1.807) is 0 Å². The fraction of sp³-hybridized carbons (Fsp3) is 0.514. The van der Waals surface area contributed by atoms with Gasteiger partial charge in [-0.05, 0) is 99.0 Å². The largest absolute Gasteiger partial charge is 0.494 e. The summed E-state index contributed by atoms with van der Waals surface area (Å²) < 4.78 is 24.0. The molecule has 3 fully saturated rings. The maximum absolute atomic E-state index is 14.1. The van der Waals surface area contributed by atoms with Crippen LogP contribution in [0, 0.1) is 11.8 Å². The molecule has 48 heavy (non-hydrogen) atoms. The number of H-pyrrole nitrogens is 1. The summed E-state index contributed by atoms with van der Waals surface area (Å²) in [5.41, 5.74) is 5.28. The van der Waals surface area contributed by atoms with Crippen LogP contribution in [-0.2, 0) is 25.4 Å². The Morgan fingerprint density at radius 1 is 1.08 bits per heavy atom. The summed E-state index contributed by atoms with van der Waals surface area (Å²) in [5.74, 6) is 2.03. The number of hydrogen-bond acceptors (Lipinski definition) is 8. The number of amides is 1.